The molecule has 1 unspecified atom stereocenters. The van der Waals surface area contributed by atoms with Crippen LogP contribution in [0.15, 0.2) is 59.0 Å². The molecule has 13 heteroatoms. The summed E-state index contributed by atoms with van der Waals surface area (Å²) in [5.41, 5.74) is 3.10. The number of rotatable bonds is 7. The second-order valence-corrected chi connectivity index (χ2v) is 14.2. The molecule has 5 aromatic rings. The van der Waals surface area contributed by atoms with Crippen LogP contribution in [0.1, 0.15) is 29.4 Å². The number of benzene rings is 2. The van der Waals surface area contributed by atoms with Crippen molar-refractivity contribution >= 4 is 44.5 Å². The smallest absolute Gasteiger partial charge is 0.255 e. The Balaban J connectivity index is 1.49. The van der Waals surface area contributed by atoms with E-state index in [0.717, 1.165) is 15.9 Å². The van der Waals surface area contributed by atoms with Gasteiger partial charge in [0, 0.05) is 48.3 Å². The summed E-state index contributed by atoms with van der Waals surface area (Å²) in [7, 11) is 3.02. The van der Waals surface area contributed by atoms with Gasteiger partial charge in [-0.25, -0.2) is 22.2 Å². The fourth-order valence-corrected chi connectivity index (χ4v) is 6.87. The molecule has 3 aromatic heterocycles. The molecular weight excluding hydrogens is 640 g/mol. The topological polar surface area (TPSA) is 110 Å². The van der Waals surface area contributed by atoms with Gasteiger partial charge in [-0.2, -0.15) is 0 Å². The van der Waals surface area contributed by atoms with Crippen LogP contribution >= 0.6 is 0 Å². The largest absolute Gasteiger partial charge is 0.466 e. The van der Waals surface area contributed by atoms with Gasteiger partial charge < -0.3 is 23.9 Å². The van der Waals surface area contributed by atoms with Crippen LogP contribution in [-0.2, 0) is 10.0 Å². The summed E-state index contributed by atoms with van der Waals surface area (Å²) in [5, 5.41) is 4.29. The number of sulfonamides is 1. The number of amides is 1. The molecule has 248 valence electrons. The van der Waals surface area contributed by atoms with Crippen LogP contribution in [0.25, 0.3) is 56.8 Å². The van der Waals surface area contributed by atoms with E-state index < -0.39 is 28.0 Å². The minimum atomic E-state index is -3.77. The number of carbonyl (C=O) groups excluding carboxylic acids is 1. The van der Waals surface area contributed by atoms with Gasteiger partial charge in [-0.05, 0) is 69.0 Å². The van der Waals surface area contributed by atoms with E-state index in [1.165, 1.54) is 38.4 Å². The van der Waals surface area contributed by atoms with E-state index >= 15 is 4.39 Å². The van der Waals surface area contributed by atoms with Crippen LogP contribution in [0, 0.1) is 5.82 Å². The van der Waals surface area contributed by atoms with Crippen molar-refractivity contribution < 1.29 is 31.1 Å². The lowest BCUT2D eigenvalue weighted by atomic mass is 10.0. The van der Waals surface area contributed by atoms with Gasteiger partial charge in [-0.1, -0.05) is 6.08 Å². The Kier molecular flexibility index (Phi) is 7.63. The van der Waals surface area contributed by atoms with E-state index in [1.807, 2.05) is 29.6 Å². The molecule has 0 saturated heterocycles. The van der Waals surface area contributed by atoms with Crippen LogP contribution in [0.3, 0.4) is 0 Å². The standard InChI is InChI=1S/C35H33F2N5O5S/c1-38-35(43)32-23-15-22(27(41(4)48(5,44)45)17-30(23)47-34(32)19-9-11-20(36)12-10-19)25-13-14-29-33(39-25)28-16-21-24(37)7-6-8-26(21)42(28)31(46-29)18-40(2)3/h8-17,31H,6-7,18H2,1-5H3,(H,38,43). The van der Waals surface area contributed by atoms with Crippen LogP contribution in [0.5, 0.6) is 5.75 Å². The second-order valence-electron chi connectivity index (χ2n) is 12.2. The number of pyridine rings is 1. The summed E-state index contributed by atoms with van der Waals surface area (Å²) < 4.78 is 70.5. The number of nitrogens with zero attached hydrogens (tertiary/aromatic N) is 4. The van der Waals surface area contributed by atoms with Gasteiger partial charge in [0.15, 0.2) is 6.23 Å². The fourth-order valence-electron chi connectivity index (χ4n) is 6.37. The molecule has 1 N–H and O–H groups in total. The van der Waals surface area contributed by atoms with Crippen molar-refractivity contribution in [1.82, 2.24) is 19.8 Å². The van der Waals surface area contributed by atoms with Gasteiger partial charge in [0.05, 0.1) is 40.8 Å². The van der Waals surface area contributed by atoms with Crippen molar-refractivity contribution in [3.05, 3.63) is 76.5 Å². The molecule has 7 rings (SSSR count). The number of carbonyl (C=O) groups is 1. The van der Waals surface area contributed by atoms with E-state index in [9.17, 15) is 17.6 Å². The maximum Gasteiger partial charge on any atom is 0.255 e. The van der Waals surface area contributed by atoms with Crippen LogP contribution in [0.4, 0.5) is 14.5 Å². The van der Waals surface area contributed by atoms with Gasteiger partial charge in [-0.15, -0.1) is 0 Å². The number of nitrogens with one attached hydrogen (secondary N) is 1. The maximum atomic E-state index is 15.1. The highest BCUT2D eigenvalue weighted by molar-refractivity contribution is 7.92. The first-order chi connectivity index (χ1) is 22.8. The lowest BCUT2D eigenvalue weighted by Gasteiger charge is -2.31. The monoisotopic (exact) mass is 673 g/mol. The lowest BCUT2D eigenvalue weighted by Crippen LogP contribution is -2.40. The first-order valence-electron chi connectivity index (χ1n) is 15.3. The molecule has 0 spiro atoms. The van der Waals surface area contributed by atoms with Gasteiger partial charge in [-0.3, -0.25) is 9.10 Å². The molecule has 0 saturated carbocycles. The molecule has 1 aliphatic carbocycles. The summed E-state index contributed by atoms with van der Waals surface area (Å²) in [4.78, 5) is 20.3. The summed E-state index contributed by atoms with van der Waals surface area (Å²) in [5.74, 6) is -0.389. The predicted octanol–water partition coefficient (Wildman–Crippen LogP) is 4.63. The van der Waals surface area contributed by atoms with Crippen LogP contribution in [0.2, 0.25) is 0 Å². The average Bonchev–Trinajstić information content (AvgIpc) is 3.63. The third kappa shape index (κ3) is 5.23. The Labute approximate surface area is 275 Å². The number of likely N-dealkylation sites (N-methyl/N-ethyl adjacent to an activating group) is 1. The SMILES string of the molecule is CNC(=O)c1c(-c2ccc(F)cc2)oc2cc(N(C)S(C)(=O)=O)c(-c3ccc4c(n3)-c3cc5c(n3C(CN(C)C)O4)=CCCC=5F)cc12. The number of furan rings is 1. The third-order valence-electron chi connectivity index (χ3n) is 8.72. The summed E-state index contributed by atoms with van der Waals surface area (Å²) in [6, 6.07) is 14.1. The highest BCUT2D eigenvalue weighted by atomic mass is 32.2. The normalized spacial score (nSPS) is 15.4. The van der Waals surface area contributed by atoms with Crippen molar-refractivity contribution in [2.24, 2.45) is 0 Å². The first-order valence-corrected chi connectivity index (χ1v) is 17.2. The average molecular weight is 674 g/mol. The number of halogens is 2. The highest BCUT2D eigenvalue weighted by Gasteiger charge is 2.31. The second kappa shape index (κ2) is 11.6. The number of ether oxygens (including phenoxy) is 1. The molecule has 1 amide bonds. The summed E-state index contributed by atoms with van der Waals surface area (Å²) >= 11 is 0. The molecule has 10 nitrogen and oxygen atoms in total. The zero-order valence-corrected chi connectivity index (χ0v) is 27.8. The van der Waals surface area contributed by atoms with Crippen LogP contribution < -0.4 is 24.9 Å². The van der Waals surface area contributed by atoms with E-state index in [4.69, 9.17) is 14.1 Å². The quantitative estimate of drug-likeness (QED) is 0.269. The molecular formula is C35H33F2N5O5S. The Morgan fingerprint density at radius 1 is 1.08 bits per heavy atom. The molecule has 0 fully saturated rings. The molecule has 4 heterocycles. The third-order valence-corrected chi connectivity index (χ3v) is 9.91. The fraction of sp³-hybridized carbons (Fsp3) is 0.257. The van der Waals surface area contributed by atoms with Crippen molar-refractivity contribution in [2.75, 3.05) is 45.3 Å². The molecule has 0 bridgehead atoms. The van der Waals surface area contributed by atoms with E-state index in [2.05, 4.69) is 5.32 Å². The predicted molar refractivity (Wildman–Crippen MR) is 181 cm³/mol. The summed E-state index contributed by atoms with van der Waals surface area (Å²) in [6.45, 7) is 0.532. The Morgan fingerprint density at radius 3 is 2.52 bits per heavy atom. The molecule has 2 aliphatic rings. The minimum absolute atomic E-state index is 0.197. The van der Waals surface area contributed by atoms with E-state index in [1.54, 1.807) is 30.3 Å². The maximum absolute atomic E-state index is 15.1. The highest BCUT2D eigenvalue weighted by Crippen LogP contribution is 2.43. The van der Waals surface area contributed by atoms with Crippen molar-refractivity contribution in [3.63, 3.8) is 0 Å². The Hall–Kier alpha value is -5.01. The summed E-state index contributed by atoms with van der Waals surface area (Å²) in [6.07, 6.45) is 3.54. The molecule has 1 atom stereocenters. The number of hydrogen-bond acceptors (Lipinski definition) is 7. The van der Waals surface area contributed by atoms with Gasteiger partial charge in [0.25, 0.3) is 5.91 Å². The zero-order valence-electron chi connectivity index (χ0n) is 27.0. The number of aromatic nitrogens is 2. The van der Waals surface area contributed by atoms with Crippen LogP contribution in [-0.4, -0.2) is 69.8 Å². The lowest BCUT2D eigenvalue weighted by molar-refractivity contribution is 0.0913. The van der Waals surface area contributed by atoms with Crippen molar-refractivity contribution in [1.29, 1.82) is 0 Å². The minimum Gasteiger partial charge on any atom is -0.466 e. The van der Waals surface area contributed by atoms with Gasteiger partial charge in [0.2, 0.25) is 10.0 Å². The van der Waals surface area contributed by atoms with Crippen molar-refractivity contribution in [2.45, 2.75) is 19.1 Å². The van der Waals surface area contributed by atoms with Gasteiger partial charge in [0.1, 0.15) is 34.4 Å². The Bertz CT molecular complexity index is 2360. The number of hydrogen-bond donors (Lipinski definition) is 1. The van der Waals surface area contributed by atoms with E-state index in [-0.39, 0.29) is 28.4 Å². The Morgan fingerprint density at radius 2 is 1.83 bits per heavy atom. The molecule has 1 aliphatic heterocycles. The molecule has 2 aromatic carbocycles. The number of fused-ring (bicyclic) bond motifs is 6. The van der Waals surface area contributed by atoms with E-state index in [0.29, 0.717) is 63.9 Å². The molecule has 0 radical (unpaired) electrons. The van der Waals surface area contributed by atoms with Crippen molar-refractivity contribution in [3.8, 4) is 39.7 Å². The molecule has 48 heavy (non-hydrogen) atoms. The van der Waals surface area contributed by atoms with Gasteiger partial charge >= 0.3 is 0 Å². The first kappa shape index (κ1) is 31.6. The number of anilines is 1. The zero-order chi connectivity index (χ0) is 34.1.